The number of fused-ring (bicyclic) bond motifs is 1. The smallest absolute Gasteiger partial charge is 0.397 e. The van der Waals surface area contributed by atoms with Gasteiger partial charge in [-0.05, 0) is 31.9 Å². The van der Waals surface area contributed by atoms with Crippen LogP contribution in [0.1, 0.15) is 35.4 Å². The number of aryl methyl sites for hydroxylation is 1. The maximum absolute atomic E-state index is 13.1. The van der Waals surface area contributed by atoms with Gasteiger partial charge < -0.3 is 10.5 Å². The van der Waals surface area contributed by atoms with Crippen LogP contribution in [0.25, 0.3) is 5.78 Å². The van der Waals surface area contributed by atoms with Crippen molar-refractivity contribution < 1.29 is 17.9 Å². The predicted molar refractivity (Wildman–Crippen MR) is 94.9 cm³/mol. The number of aromatic nitrogens is 5. The second kappa shape index (κ2) is 6.58. The largest absolute Gasteiger partial charge is 0.476 e. The number of ether oxygens (including phenoxy) is 1. The Morgan fingerprint density at radius 2 is 2.07 bits per heavy atom. The first kappa shape index (κ1) is 18.9. The third kappa shape index (κ3) is 3.30. The van der Waals surface area contributed by atoms with E-state index >= 15 is 0 Å². The number of nitriles is 1. The molecule has 8 nitrogen and oxygen atoms in total. The Morgan fingerprint density at radius 1 is 1.31 bits per heavy atom. The van der Waals surface area contributed by atoms with Gasteiger partial charge >= 0.3 is 6.18 Å². The van der Waals surface area contributed by atoms with Gasteiger partial charge in [0, 0.05) is 23.4 Å². The van der Waals surface area contributed by atoms with Gasteiger partial charge in [0.25, 0.3) is 5.78 Å². The van der Waals surface area contributed by atoms with E-state index in [0.29, 0.717) is 28.5 Å². The summed E-state index contributed by atoms with van der Waals surface area (Å²) in [6, 6.07) is 4.97. The van der Waals surface area contributed by atoms with E-state index in [0.717, 1.165) is 0 Å². The molecule has 0 radical (unpaired) electrons. The molecule has 0 saturated heterocycles. The quantitative estimate of drug-likeness (QED) is 0.696. The summed E-state index contributed by atoms with van der Waals surface area (Å²) in [6.07, 6.45) is -2.74. The number of pyridine rings is 1. The Hall–Kier alpha value is -3.42. The topological polar surface area (TPSA) is 115 Å². The average molecular weight is 403 g/mol. The highest BCUT2D eigenvalue weighted by Gasteiger charge is 2.64. The molecule has 0 spiro atoms. The molecular weight excluding hydrogens is 387 g/mol. The second-order valence-electron chi connectivity index (χ2n) is 7.04. The van der Waals surface area contributed by atoms with E-state index in [-0.39, 0.29) is 30.7 Å². The van der Waals surface area contributed by atoms with E-state index in [9.17, 15) is 18.4 Å². The van der Waals surface area contributed by atoms with Crippen LogP contribution in [0.5, 0.6) is 5.88 Å². The minimum absolute atomic E-state index is 0.0113. The number of nitrogens with zero attached hydrogens (tertiary/aromatic N) is 6. The number of nitrogen functional groups attached to an aromatic ring is 1. The van der Waals surface area contributed by atoms with Gasteiger partial charge in [0.15, 0.2) is 0 Å². The highest BCUT2D eigenvalue weighted by molar-refractivity contribution is 5.51. The third-order valence-electron chi connectivity index (χ3n) is 5.11. The maximum Gasteiger partial charge on any atom is 0.397 e. The molecule has 3 aromatic heterocycles. The third-order valence-corrected chi connectivity index (χ3v) is 5.11. The molecule has 0 aliphatic heterocycles. The molecular formula is C18H16F3N7O. The van der Waals surface area contributed by atoms with Crippen LogP contribution in [-0.4, -0.2) is 37.3 Å². The van der Waals surface area contributed by atoms with E-state index in [1.54, 1.807) is 13.0 Å². The van der Waals surface area contributed by atoms with Crippen molar-refractivity contribution in [3.05, 3.63) is 41.0 Å². The number of alkyl halides is 3. The summed E-state index contributed by atoms with van der Waals surface area (Å²) in [7, 11) is 0. The Morgan fingerprint density at radius 3 is 2.72 bits per heavy atom. The molecule has 1 aliphatic carbocycles. The average Bonchev–Trinajstić information content (AvgIpc) is 3.34. The van der Waals surface area contributed by atoms with Crippen molar-refractivity contribution in [1.29, 1.82) is 5.26 Å². The fourth-order valence-corrected chi connectivity index (χ4v) is 3.05. The number of anilines is 1. The molecule has 0 atom stereocenters. The highest BCUT2D eigenvalue weighted by atomic mass is 19.4. The van der Waals surface area contributed by atoms with Gasteiger partial charge in [-0.25, -0.2) is 9.97 Å². The molecule has 0 unspecified atom stereocenters. The van der Waals surface area contributed by atoms with Crippen LogP contribution >= 0.6 is 0 Å². The van der Waals surface area contributed by atoms with Gasteiger partial charge in [0.05, 0.1) is 0 Å². The first-order valence-corrected chi connectivity index (χ1v) is 8.78. The van der Waals surface area contributed by atoms with E-state index in [1.165, 1.54) is 16.9 Å². The minimum atomic E-state index is -4.35. The molecule has 4 rings (SSSR count). The molecule has 1 fully saturated rings. The van der Waals surface area contributed by atoms with Crippen LogP contribution in [0.3, 0.4) is 0 Å². The van der Waals surface area contributed by atoms with Gasteiger partial charge in [-0.15, -0.1) is 0 Å². The fourth-order valence-electron chi connectivity index (χ4n) is 3.05. The number of nitrogens with two attached hydrogens (primary N) is 1. The summed E-state index contributed by atoms with van der Waals surface area (Å²) >= 11 is 0. The normalized spacial score (nSPS) is 15.3. The van der Waals surface area contributed by atoms with Crippen LogP contribution in [0.2, 0.25) is 0 Å². The Labute approximate surface area is 163 Å². The van der Waals surface area contributed by atoms with Gasteiger partial charge in [0.2, 0.25) is 5.88 Å². The summed E-state index contributed by atoms with van der Waals surface area (Å²) in [4.78, 5) is 12.6. The van der Waals surface area contributed by atoms with Crippen LogP contribution in [0, 0.1) is 23.7 Å². The summed E-state index contributed by atoms with van der Waals surface area (Å²) in [5, 5.41) is 13.3. The predicted octanol–water partition coefficient (Wildman–Crippen LogP) is 2.59. The molecule has 150 valence electrons. The van der Waals surface area contributed by atoms with Crippen LogP contribution in [0.15, 0.2) is 18.5 Å². The zero-order valence-corrected chi connectivity index (χ0v) is 15.4. The van der Waals surface area contributed by atoms with Gasteiger partial charge in [-0.2, -0.15) is 33.0 Å². The maximum atomic E-state index is 13.1. The number of hydrogen-bond acceptors (Lipinski definition) is 7. The van der Waals surface area contributed by atoms with Gasteiger partial charge in [-0.3, -0.25) is 0 Å². The lowest BCUT2D eigenvalue weighted by molar-refractivity contribution is -0.194. The number of hydrogen-bond donors (Lipinski definition) is 1. The molecule has 3 aromatic rings. The highest BCUT2D eigenvalue weighted by Crippen LogP contribution is 2.57. The Bertz CT molecular complexity index is 1130. The van der Waals surface area contributed by atoms with Gasteiger partial charge in [-0.1, -0.05) is 0 Å². The van der Waals surface area contributed by atoms with Gasteiger partial charge in [0.1, 0.15) is 35.8 Å². The Balaban J connectivity index is 1.61. The van der Waals surface area contributed by atoms with Crippen molar-refractivity contribution in [2.75, 3.05) is 12.3 Å². The molecule has 2 N–H and O–H groups in total. The molecule has 0 aromatic carbocycles. The van der Waals surface area contributed by atoms with Crippen LogP contribution in [-0.2, 0) is 6.42 Å². The molecule has 3 heterocycles. The van der Waals surface area contributed by atoms with Crippen molar-refractivity contribution in [2.45, 2.75) is 32.4 Å². The number of rotatable bonds is 5. The van der Waals surface area contributed by atoms with E-state index in [1.807, 2.05) is 6.07 Å². The molecule has 0 bridgehead atoms. The van der Waals surface area contributed by atoms with E-state index in [4.69, 9.17) is 10.5 Å². The van der Waals surface area contributed by atoms with Crippen molar-refractivity contribution in [2.24, 2.45) is 5.41 Å². The molecule has 11 heteroatoms. The summed E-state index contributed by atoms with van der Waals surface area (Å²) < 4.78 is 46.2. The van der Waals surface area contributed by atoms with Crippen molar-refractivity contribution in [1.82, 2.24) is 24.6 Å². The SMILES string of the molecule is Cc1nc2ncnn2c(N)c1Cc1ccc(C#N)c(OCC2(C(F)(F)F)CC2)n1. The first-order valence-electron chi connectivity index (χ1n) is 8.78. The monoisotopic (exact) mass is 403 g/mol. The molecule has 1 aliphatic rings. The summed E-state index contributed by atoms with van der Waals surface area (Å²) in [6.45, 7) is 1.21. The Kier molecular flexibility index (Phi) is 4.29. The minimum Gasteiger partial charge on any atom is -0.476 e. The lowest BCUT2D eigenvalue weighted by Crippen LogP contribution is -2.30. The fraction of sp³-hybridized carbons (Fsp3) is 0.389. The van der Waals surface area contributed by atoms with Crippen LogP contribution in [0.4, 0.5) is 19.0 Å². The van der Waals surface area contributed by atoms with E-state index < -0.39 is 18.2 Å². The lowest BCUT2D eigenvalue weighted by Gasteiger charge is -2.19. The second-order valence-corrected chi connectivity index (χ2v) is 7.04. The van der Waals surface area contributed by atoms with Crippen LogP contribution < -0.4 is 10.5 Å². The van der Waals surface area contributed by atoms with Crippen molar-refractivity contribution in [3.63, 3.8) is 0 Å². The molecule has 1 saturated carbocycles. The summed E-state index contributed by atoms with van der Waals surface area (Å²) in [5.74, 6) is 0.585. The zero-order chi connectivity index (χ0) is 20.8. The molecule has 29 heavy (non-hydrogen) atoms. The van der Waals surface area contributed by atoms with Crippen molar-refractivity contribution >= 4 is 11.6 Å². The first-order chi connectivity index (χ1) is 13.7. The summed E-state index contributed by atoms with van der Waals surface area (Å²) in [5.41, 5.74) is 6.15. The standard InChI is InChI=1S/C18H16F3N7O/c1-10-13(14(23)28-16(26-10)24-9-25-28)6-12-3-2-11(7-22)15(27-12)29-8-17(4-5-17)18(19,20)21/h2-3,9H,4-6,8,23H2,1H3. The lowest BCUT2D eigenvalue weighted by atomic mass is 10.1. The molecule has 0 amide bonds. The number of halogens is 3. The zero-order valence-electron chi connectivity index (χ0n) is 15.4. The van der Waals surface area contributed by atoms with E-state index in [2.05, 4.69) is 20.1 Å². The van der Waals surface area contributed by atoms with Crippen molar-refractivity contribution in [3.8, 4) is 11.9 Å².